The SMILES string of the molecule is O=C1CCc2cc(CCCN3CC=C(c4c[nH]c5ccc(F)cc45)CC3)cc3c2N1CCC3. The van der Waals surface area contributed by atoms with Crippen LogP contribution in [0.25, 0.3) is 16.5 Å². The van der Waals surface area contributed by atoms with E-state index in [2.05, 4.69) is 28.1 Å². The van der Waals surface area contributed by atoms with Gasteiger partial charge in [-0.1, -0.05) is 18.2 Å². The number of nitrogens with zero attached hydrogens (tertiary/aromatic N) is 2. The number of fused-ring (bicyclic) bond motifs is 1. The molecule has 3 aliphatic heterocycles. The standard InChI is InChI=1S/C28H30FN3O/c29-23-6-7-26-24(17-23)25(18-30-26)20-9-13-31(14-10-20)11-1-3-19-15-21-4-2-12-32-27(33)8-5-22(16-19)28(21)32/h6-7,9,15-18,30H,1-5,8,10-14H2. The Morgan fingerprint density at radius 2 is 1.88 bits per heavy atom. The third kappa shape index (κ3) is 3.89. The maximum atomic E-state index is 13.7. The summed E-state index contributed by atoms with van der Waals surface area (Å²) in [5.74, 6) is 0.114. The Morgan fingerprint density at radius 1 is 1.00 bits per heavy atom. The van der Waals surface area contributed by atoms with Crippen LogP contribution in [0.3, 0.4) is 0 Å². The normalized spacial score (nSPS) is 18.5. The molecule has 0 radical (unpaired) electrons. The molecule has 0 fully saturated rings. The first-order valence-electron chi connectivity index (χ1n) is 12.3. The van der Waals surface area contributed by atoms with Crippen molar-refractivity contribution in [2.24, 2.45) is 0 Å². The molecule has 5 heteroatoms. The fourth-order valence-electron chi connectivity index (χ4n) is 5.89. The van der Waals surface area contributed by atoms with Gasteiger partial charge in [0.05, 0.1) is 5.69 Å². The van der Waals surface area contributed by atoms with Crippen LogP contribution < -0.4 is 4.90 Å². The number of nitrogens with one attached hydrogen (secondary N) is 1. The summed E-state index contributed by atoms with van der Waals surface area (Å²) in [5.41, 5.74) is 8.85. The summed E-state index contributed by atoms with van der Waals surface area (Å²) in [4.78, 5) is 20.1. The Kier molecular flexibility index (Phi) is 5.30. The molecule has 4 nitrogen and oxygen atoms in total. The van der Waals surface area contributed by atoms with Crippen molar-refractivity contribution in [3.05, 3.63) is 70.7 Å². The number of carbonyl (C=O) groups excluding carboxylic acids is 1. The Labute approximate surface area is 194 Å². The molecule has 3 aromatic rings. The lowest BCUT2D eigenvalue weighted by Crippen LogP contribution is -2.39. The van der Waals surface area contributed by atoms with Crippen molar-refractivity contribution in [3.63, 3.8) is 0 Å². The number of aromatic amines is 1. The minimum absolute atomic E-state index is 0.183. The van der Waals surface area contributed by atoms with Gasteiger partial charge in [-0.15, -0.1) is 0 Å². The molecule has 2 aromatic carbocycles. The molecular formula is C28H30FN3O. The molecule has 0 saturated heterocycles. The molecule has 1 aromatic heterocycles. The first-order chi connectivity index (χ1) is 16.2. The number of carbonyl (C=O) groups is 1. The number of aromatic nitrogens is 1. The van der Waals surface area contributed by atoms with Gasteiger partial charge in [-0.2, -0.15) is 0 Å². The maximum Gasteiger partial charge on any atom is 0.227 e. The van der Waals surface area contributed by atoms with Gasteiger partial charge < -0.3 is 9.88 Å². The highest BCUT2D eigenvalue weighted by Gasteiger charge is 2.29. The first kappa shape index (κ1) is 20.7. The van der Waals surface area contributed by atoms with Crippen molar-refractivity contribution in [2.45, 2.75) is 44.9 Å². The Bertz CT molecular complexity index is 1240. The predicted octanol–water partition coefficient (Wildman–Crippen LogP) is 5.25. The summed E-state index contributed by atoms with van der Waals surface area (Å²) in [6.45, 7) is 3.96. The fourth-order valence-corrected chi connectivity index (χ4v) is 5.89. The Hall–Kier alpha value is -2.92. The molecular weight excluding hydrogens is 413 g/mol. The molecule has 0 aliphatic carbocycles. The number of hydrogen-bond donors (Lipinski definition) is 1. The molecule has 0 saturated carbocycles. The van der Waals surface area contributed by atoms with E-state index >= 15 is 0 Å². The molecule has 0 unspecified atom stereocenters. The number of halogens is 1. The zero-order chi connectivity index (χ0) is 22.4. The van der Waals surface area contributed by atoms with Crippen LogP contribution in [0.5, 0.6) is 0 Å². The first-order valence-corrected chi connectivity index (χ1v) is 12.3. The highest BCUT2D eigenvalue weighted by atomic mass is 19.1. The fraction of sp³-hybridized carbons (Fsp3) is 0.393. The van der Waals surface area contributed by atoms with Crippen molar-refractivity contribution < 1.29 is 9.18 Å². The molecule has 6 rings (SSSR count). The molecule has 1 N–H and O–H groups in total. The van der Waals surface area contributed by atoms with Crippen LogP contribution in [0.2, 0.25) is 0 Å². The van der Waals surface area contributed by atoms with E-state index in [0.717, 1.165) is 81.2 Å². The van der Waals surface area contributed by atoms with Crippen LogP contribution in [0.4, 0.5) is 10.1 Å². The van der Waals surface area contributed by atoms with E-state index in [1.807, 2.05) is 17.2 Å². The van der Waals surface area contributed by atoms with Crippen molar-refractivity contribution in [1.82, 2.24) is 9.88 Å². The number of rotatable bonds is 5. The highest BCUT2D eigenvalue weighted by molar-refractivity contribution is 5.98. The van der Waals surface area contributed by atoms with Gasteiger partial charge in [-0.25, -0.2) is 4.39 Å². The molecule has 1 amide bonds. The van der Waals surface area contributed by atoms with Crippen LogP contribution >= 0.6 is 0 Å². The lowest BCUT2D eigenvalue weighted by Gasteiger charge is -2.35. The molecule has 170 valence electrons. The van der Waals surface area contributed by atoms with Crippen LogP contribution in [-0.4, -0.2) is 42.0 Å². The van der Waals surface area contributed by atoms with Gasteiger partial charge in [-0.3, -0.25) is 9.69 Å². The average Bonchev–Trinajstić information content (AvgIpc) is 3.25. The second kappa shape index (κ2) is 8.45. The lowest BCUT2D eigenvalue weighted by molar-refractivity contribution is -0.119. The van der Waals surface area contributed by atoms with Crippen LogP contribution in [-0.2, 0) is 24.1 Å². The van der Waals surface area contributed by atoms with E-state index in [-0.39, 0.29) is 5.82 Å². The molecule has 0 bridgehead atoms. The van der Waals surface area contributed by atoms with Gasteiger partial charge in [0.25, 0.3) is 0 Å². The van der Waals surface area contributed by atoms with Gasteiger partial charge in [0.2, 0.25) is 5.91 Å². The summed E-state index contributed by atoms with van der Waals surface area (Å²) in [5, 5.41) is 0.978. The van der Waals surface area contributed by atoms with Gasteiger partial charge >= 0.3 is 0 Å². The zero-order valence-corrected chi connectivity index (χ0v) is 19.0. The van der Waals surface area contributed by atoms with Crippen molar-refractivity contribution in [1.29, 1.82) is 0 Å². The Balaban J connectivity index is 1.09. The van der Waals surface area contributed by atoms with Crippen LogP contribution in [0.1, 0.15) is 47.9 Å². The number of amides is 1. The minimum atomic E-state index is -0.183. The number of anilines is 1. The van der Waals surface area contributed by atoms with E-state index in [4.69, 9.17) is 0 Å². The average molecular weight is 444 g/mol. The van der Waals surface area contributed by atoms with Crippen molar-refractivity contribution >= 4 is 28.1 Å². The number of hydrogen-bond acceptors (Lipinski definition) is 2. The van der Waals surface area contributed by atoms with Crippen molar-refractivity contribution in [2.75, 3.05) is 31.1 Å². The largest absolute Gasteiger partial charge is 0.361 e. The minimum Gasteiger partial charge on any atom is -0.361 e. The van der Waals surface area contributed by atoms with E-state index in [9.17, 15) is 9.18 Å². The number of benzene rings is 2. The van der Waals surface area contributed by atoms with Gasteiger partial charge in [0, 0.05) is 48.7 Å². The molecule has 0 atom stereocenters. The van der Waals surface area contributed by atoms with Gasteiger partial charge in [0.15, 0.2) is 0 Å². The smallest absolute Gasteiger partial charge is 0.227 e. The second-order valence-electron chi connectivity index (χ2n) is 9.69. The number of aryl methyl sites for hydroxylation is 3. The van der Waals surface area contributed by atoms with Gasteiger partial charge in [-0.05, 0) is 85.5 Å². The quantitative estimate of drug-likeness (QED) is 0.585. The van der Waals surface area contributed by atoms with Crippen LogP contribution in [0.15, 0.2) is 42.6 Å². The lowest BCUT2D eigenvalue weighted by atomic mass is 9.89. The number of H-pyrrole nitrogens is 1. The molecule has 33 heavy (non-hydrogen) atoms. The topological polar surface area (TPSA) is 39.3 Å². The summed E-state index contributed by atoms with van der Waals surface area (Å²) in [6, 6.07) is 9.66. The monoisotopic (exact) mass is 443 g/mol. The third-order valence-corrected chi connectivity index (χ3v) is 7.56. The highest BCUT2D eigenvalue weighted by Crippen LogP contribution is 2.37. The molecule has 4 heterocycles. The summed E-state index contributed by atoms with van der Waals surface area (Å²) < 4.78 is 13.7. The second-order valence-corrected chi connectivity index (χ2v) is 9.69. The van der Waals surface area contributed by atoms with E-state index < -0.39 is 0 Å². The summed E-state index contributed by atoms with van der Waals surface area (Å²) >= 11 is 0. The Morgan fingerprint density at radius 3 is 2.73 bits per heavy atom. The summed E-state index contributed by atoms with van der Waals surface area (Å²) in [6.07, 6.45) is 11.3. The third-order valence-electron chi connectivity index (χ3n) is 7.56. The van der Waals surface area contributed by atoms with Gasteiger partial charge in [0.1, 0.15) is 5.82 Å². The molecule has 3 aliphatic rings. The van der Waals surface area contributed by atoms with Crippen molar-refractivity contribution in [3.8, 4) is 0 Å². The molecule has 0 spiro atoms. The van der Waals surface area contributed by atoms with Crippen LogP contribution in [0, 0.1) is 5.82 Å². The predicted molar refractivity (Wildman–Crippen MR) is 131 cm³/mol. The summed E-state index contributed by atoms with van der Waals surface area (Å²) in [7, 11) is 0. The van der Waals surface area contributed by atoms with E-state index in [1.54, 1.807) is 6.07 Å². The maximum absolute atomic E-state index is 13.7. The van der Waals surface area contributed by atoms with E-state index in [0.29, 0.717) is 12.3 Å². The van der Waals surface area contributed by atoms with E-state index in [1.165, 1.54) is 34.0 Å². The zero-order valence-electron chi connectivity index (χ0n) is 19.0.